The lowest BCUT2D eigenvalue weighted by molar-refractivity contribution is -0.127. The van der Waals surface area contributed by atoms with Gasteiger partial charge in [0.2, 0.25) is 0 Å². The Kier molecular flexibility index (Phi) is 7.58. The Labute approximate surface area is 161 Å². The summed E-state index contributed by atoms with van der Waals surface area (Å²) in [5, 5.41) is 2.97. The van der Waals surface area contributed by atoms with Crippen LogP contribution in [0.2, 0.25) is 0 Å². The van der Waals surface area contributed by atoms with Gasteiger partial charge in [0.1, 0.15) is 5.75 Å². The number of nitrogens with one attached hydrogen (secondary N) is 1. The lowest BCUT2D eigenvalue weighted by Crippen LogP contribution is -2.37. The van der Waals surface area contributed by atoms with Gasteiger partial charge in [0.05, 0.1) is 0 Å². The molecule has 0 aliphatic heterocycles. The van der Waals surface area contributed by atoms with Crippen LogP contribution in [0.1, 0.15) is 34.7 Å². The molecule has 140 valence electrons. The Hall–Kier alpha value is -1.94. The Balaban J connectivity index is 1.75. The summed E-state index contributed by atoms with van der Waals surface area (Å²) in [7, 11) is 0. The molecule has 1 amide bonds. The van der Waals surface area contributed by atoms with Crippen LogP contribution in [0.3, 0.4) is 0 Å². The minimum Gasteiger partial charge on any atom is -0.481 e. The zero-order chi connectivity index (χ0) is 19.1. The molecule has 1 atom stereocenters. The molecule has 0 heterocycles. The van der Waals surface area contributed by atoms with Crippen molar-refractivity contribution in [2.75, 3.05) is 12.3 Å². The average Bonchev–Trinajstić information content (AvgIpc) is 2.60. The van der Waals surface area contributed by atoms with E-state index in [1.165, 1.54) is 16.7 Å². The maximum Gasteiger partial charge on any atom is 0.260 e. The number of aryl methyl sites for hydroxylation is 3. The maximum atomic E-state index is 12.3. The predicted octanol–water partition coefficient (Wildman–Crippen LogP) is 4.74. The van der Waals surface area contributed by atoms with E-state index in [4.69, 9.17) is 4.74 Å². The Morgan fingerprint density at radius 3 is 2.58 bits per heavy atom. The first kappa shape index (κ1) is 20.4. The Morgan fingerprint density at radius 2 is 1.85 bits per heavy atom. The molecule has 1 unspecified atom stereocenters. The van der Waals surface area contributed by atoms with E-state index < -0.39 is 6.10 Å². The van der Waals surface area contributed by atoms with Crippen LogP contribution in [-0.4, -0.2) is 24.3 Å². The third-order valence-electron chi connectivity index (χ3n) is 4.50. The molecule has 2 rings (SSSR count). The third-order valence-corrected chi connectivity index (χ3v) is 5.51. The van der Waals surface area contributed by atoms with Crippen molar-refractivity contribution in [3.05, 3.63) is 64.2 Å². The van der Waals surface area contributed by atoms with Crippen LogP contribution in [0.5, 0.6) is 5.75 Å². The molecule has 0 aliphatic carbocycles. The molecule has 0 spiro atoms. The monoisotopic (exact) mass is 371 g/mol. The Bertz CT molecular complexity index is 758. The highest BCUT2D eigenvalue weighted by Gasteiger charge is 2.16. The molecule has 3 nitrogen and oxygen atoms in total. The van der Waals surface area contributed by atoms with E-state index in [9.17, 15) is 4.79 Å². The van der Waals surface area contributed by atoms with Gasteiger partial charge in [-0.05, 0) is 68.5 Å². The van der Waals surface area contributed by atoms with E-state index in [-0.39, 0.29) is 5.91 Å². The topological polar surface area (TPSA) is 38.3 Å². The van der Waals surface area contributed by atoms with Crippen LogP contribution in [0.4, 0.5) is 0 Å². The van der Waals surface area contributed by atoms with Crippen molar-refractivity contribution in [2.45, 2.75) is 46.5 Å². The van der Waals surface area contributed by atoms with Gasteiger partial charge in [-0.3, -0.25) is 4.79 Å². The first-order valence-corrected chi connectivity index (χ1v) is 10.2. The van der Waals surface area contributed by atoms with Crippen molar-refractivity contribution in [2.24, 2.45) is 0 Å². The van der Waals surface area contributed by atoms with Gasteiger partial charge in [0.25, 0.3) is 5.91 Å². The van der Waals surface area contributed by atoms with E-state index in [1.54, 1.807) is 6.92 Å². The summed E-state index contributed by atoms with van der Waals surface area (Å²) < 4.78 is 5.89. The molecule has 0 saturated carbocycles. The highest BCUT2D eigenvalue weighted by Crippen LogP contribution is 2.24. The smallest absolute Gasteiger partial charge is 0.260 e. The summed E-state index contributed by atoms with van der Waals surface area (Å²) in [4.78, 5) is 12.3. The van der Waals surface area contributed by atoms with Crippen LogP contribution >= 0.6 is 11.8 Å². The van der Waals surface area contributed by atoms with Crippen molar-refractivity contribution >= 4 is 17.7 Å². The van der Waals surface area contributed by atoms with E-state index >= 15 is 0 Å². The van der Waals surface area contributed by atoms with Crippen LogP contribution in [0.25, 0.3) is 0 Å². The molecule has 2 aromatic carbocycles. The third kappa shape index (κ3) is 5.80. The van der Waals surface area contributed by atoms with Crippen molar-refractivity contribution in [3.8, 4) is 5.75 Å². The highest BCUT2D eigenvalue weighted by atomic mass is 32.2. The van der Waals surface area contributed by atoms with Gasteiger partial charge in [-0.15, -0.1) is 0 Å². The van der Waals surface area contributed by atoms with Crippen LogP contribution < -0.4 is 10.1 Å². The largest absolute Gasteiger partial charge is 0.481 e. The van der Waals surface area contributed by atoms with Crippen molar-refractivity contribution in [3.63, 3.8) is 0 Å². The van der Waals surface area contributed by atoms with Crippen LogP contribution in [0.15, 0.2) is 36.4 Å². The molecule has 0 bridgehead atoms. The summed E-state index contributed by atoms with van der Waals surface area (Å²) in [6.45, 7) is 10.7. The van der Waals surface area contributed by atoms with Crippen molar-refractivity contribution < 1.29 is 9.53 Å². The minimum atomic E-state index is -0.503. The number of ether oxygens (including phenoxy) is 1. The summed E-state index contributed by atoms with van der Waals surface area (Å²) in [6.07, 6.45) is -0.503. The molecule has 0 radical (unpaired) electrons. The van der Waals surface area contributed by atoms with E-state index in [0.29, 0.717) is 6.54 Å². The lowest BCUT2D eigenvalue weighted by Gasteiger charge is -2.18. The summed E-state index contributed by atoms with van der Waals surface area (Å²) >= 11 is 1.83. The second-order valence-electron chi connectivity index (χ2n) is 6.74. The van der Waals surface area contributed by atoms with Gasteiger partial charge in [-0.2, -0.15) is 11.8 Å². The van der Waals surface area contributed by atoms with Gasteiger partial charge in [-0.25, -0.2) is 0 Å². The highest BCUT2D eigenvalue weighted by molar-refractivity contribution is 7.98. The number of carbonyl (C=O) groups is 1. The molecule has 0 aliphatic rings. The van der Waals surface area contributed by atoms with E-state index in [1.807, 2.05) is 31.7 Å². The summed E-state index contributed by atoms with van der Waals surface area (Å²) in [5.74, 6) is 2.57. The van der Waals surface area contributed by atoms with Crippen LogP contribution in [0, 0.1) is 27.7 Å². The number of benzene rings is 2. The number of hydrogen-bond donors (Lipinski definition) is 1. The van der Waals surface area contributed by atoms with Crippen molar-refractivity contribution in [1.82, 2.24) is 5.32 Å². The number of thioether (sulfide) groups is 1. The predicted molar refractivity (Wildman–Crippen MR) is 111 cm³/mol. The quantitative estimate of drug-likeness (QED) is 0.681. The number of carbonyl (C=O) groups excluding carboxylic acids is 1. The molecule has 0 saturated heterocycles. The van der Waals surface area contributed by atoms with E-state index in [2.05, 4.69) is 49.5 Å². The lowest BCUT2D eigenvalue weighted by atomic mass is 10.1. The summed E-state index contributed by atoms with van der Waals surface area (Å²) in [5.41, 5.74) is 6.08. The molecule has 4 heteroatoms. The molecule has 2 aromatic rings. The second-order valence-corrected chi connectivity index (χ2v) is 7.84. The number of rotatable bonds is 8. The number of amides is 1. The van der Waals surface area contributed by atoms with Gasteiger partial charge >= 0.3 is 0 Å². The fourth-order valence-corrected chi connectivity index (χ4v) is 3.65. The second kappa shape index (κ2) is 9.67. The van der Waals surface area contributed by atoms with Crippen LogP contribution in [-0.2, 0) is 10.5 Å². The molecule has 1 N–H and O–H groups in total. The first-order chi connectivity index (χ1) is 12.4. The SMILES string of the molecule is Cc1cc(C)c(C)c(OC(C)C(=O)NCCSCc2ccccc2C)c1. The fraction of sp³-hybridized carbons (Fsp3) is 0.409. The van der Waals surface area contributed by atoms with Crippen molar-refractivity contribution in [1.29, 1.82) is 0 Å². The standard InChI is InChI=1S/C22H29NO2S/c1-15-12-17(3)18(4)21(13-15)25-19(5)22(24)23-10-11-26-14-20-9-7-6-8-16(20)2/h6-9,12-13,19H,10-11,14H2,1-5H3,(H,23,24). The first-order valence-electron chi connectivity index (χ1n) is 9.03. The Morgan fingerprint density at radius 1 is 1.12 bits per heavy atom. The maximum absolute atomic E-state index is 12.3. The zero-order valence-electron chi connectivity index (χ0n) is 16.4. The van der Waals surface area contributed by atoms with Gasteiger partial charge in [0.15, 0.2) is 6.10 Å². The average molecular weight is 372 g/mol. The van der Waals surface area contributed by atoms with E-state index in [0.717, 1.165) is 28.4 Å². The zero-order valence-corrected chi connectivity index (χ0v) is 17.2. The fourth-order valence-electron chi connectivity index (χ4n) is 2.71. The van der Waals surface area contributed by atoms with Gasteiger partial charge < -0.3 is 10.1 Å². The minimum absolute atomic E-state index is 0.0694. The summed E-state index contributed by atoms with van der Waals surface area (Å²) in [6, 6.07) is 12.5. The van der Waals surface area contributed by atoms with Gasteiger partial charge in [-0.1, -0.05) is 30.3 Å². The molecule has 0 aromatic heterocycles. The molecule has 0 fully saturated rings. The normalized spacial score (nSPS) is 11.9. The number of hydrogen-bond acceptors (Lipinski definition) is 3. The molecular formula is C22H29NO2S. The molecular weight excluding hydrogens is 342 g/mol. The van der Waals surface area contributed by atoms with Gasteiger partial charge in [0, 0.05) is 18.1 Å². The molecule has 26 heavy (non-hydrogen) atoms.